The van der Waals surface area contributed by atoms with E-state index in [4.69, 9.17) is 17.0 Å². The highest BCUT2D eigenvalue weighted by Crippen LogP contribution is 2.01. The second-order valence-electron chi connectivity index (χ2n) is 1.90. The van der Waals surface area contributed by atoms with E-state index in [2.05, 4.69) is 17.9 Å². The van der Waals surface area contributed by atoms with Crippen molar-refractivity contribution in [2.75, 3.05) is 19.7 Å². The third-order valence-electron chi connectivity index (χ3n) is 1.20. The second kappa shape index (κ2) is 3.51. The van der Waals surface area contributed by atoms with Crippen LogP contribution in [0, 0.1) is 0 Å². The van der Waals surface area contributed by atoms with Crippen molar-refractivity contribution < 1.29 is 4.74 Å². The largest absolute Gasteiger partial charge is 0.369 e. The molecule has 0 aliphatic carbocycles. The van der Waals surface area contributed by atoms with Gasteiger partial charge in [-0.05, 0) is 0 Å². The van der Waals surface area contributed by atoms with Crippen molar-refractivity contribution in [3.05, 3.63) is 0 Å². The summed E-state index contributed by atoms with van der Waals surface area (Å²) in [5.74, 6) is 0. The maximum Gasteiger partial charge on any atom is 0.111 e. The van der Waals surface area contributed by atoms with Gasteiger partial charge in [-0.3, -0.25) is 0 Å². The lowest BCUT2D eigenvalue weighted by molar-refractivity contribution is 0.0744. The predicted molar refractivity (Wildman–Crippen MR) is 44.2 cm³/mol. The molecule has 0 amide bonds. The number of hydrogen-bond acceptors (Lipinski definition) is 3. The number of hydrogen-bond donors (Lipinski definition) is 2. The van der Waals surface area contributed by atoms with Gasteiger partial charge in [-0.2, -0.15) is 0 Å². The van der Waals surface area contributed by atoms with Crippen LogP contribution in [0.3, 0.4) is 0 Å². The van der Waals surface area contributed by atoms with Crippen LogP contribution in [0.15, 0.2) is 0 Å². The summed E-state index contributed by atoms with van der Waals surface area (Å²) in [5.41, 5.74) is 0. The summed E-state index contributed by atoms with van der Waals surface area (Å²) in [4.78, 5) is 0. The highest BCUT2D eigenvalue weighted by Gasteiger charge is 2.14. The Morgan fingerprint density at radius 2 is 2.56 bits per heavy atom. The molecular weight excluding hydrogens is 154 g/mol. The second-order valence-corrected chi connectivity index (χ2v) is 3.13. The Bertz CT molecular complexity index is 112. The standard InChI is InChI=1S/C5H9NOS2/c8-5(9)4-3-6-1-2-7-4/h4,6H,1-3H2,(H,8,9). The lowest BCUT2D eigenvalue weighted by Crippen LogP contribution is -2.41. The first kappa shape index (κ1) is 7.47. The molecule has 4 heteroatoms. The summed E-state index contributed by atoms with van der Waals surface area (Å²) in [6, 6.07) is 0. The maximum atomic E-state index is 5.26. The van der Waals surface area contributed by atoms with Crippen molar-refractivity contribution in [3.8, 4) is 0 Å². The first-order valence-corrected chi connectivity index (χ1v) is 3.71. The van der Waals surface area contributed by atoms with Crippen LogP contribution in [0.4, 0.5) is 0 Å². The molecule has 0 saturated carbocycles. The van der Waals surface area contributed by atoms with Gasteiger partial charge in [0, 0.05) is 13.1 Å². The smallest absolute Gasteiger partial charge is 0.111 e. The summed E-state index contributed by atoms with van der Waals surface area (Å²) < 4.78 is 5.90. The fourth-order valence-corrected chi connectivity index (χ4v) is 1.04. The van der Waals surface area contributed by atoms with Crippen LogP contribution in [-0.4, -0.2) is 30.0 Å². The van der Waals surface area contributed by atoms with E-state index in [-0.39, 0.29) is 6.10 Å². The molecule has 1 N–H and O–H groups in total. The van der Waals surface area contributed by atoms with Gasteiger partial charge in [0.15, 0.2) is 0 Å². The molecule has 9 heavy (non-hydrogen) atoms. The average molecular weight is 163 g/mol. The summed E-state index contributed by atoms with van der Waals surface area (Å²) in [6.45, 7) is 2.47. The number of rotatable bonds is 1. The van der Waals surface area contributed by atoms with E-state index in [1.807, 2.05) is 0 Å². The number of thiol groups is 1. The minimum atomic E-state index is 0.0390. The highest BCUT2D eigenvalue weighted by molar-refractivity contribution is 8.11. The van der Waals surface area contributed by atoms with Crippen LogP contribution in [0.25, 0.3) is 0 Å². The molecule has 0 bridgehead atoms. The van der Waals surface area contributed by atoms with Crippen LogP contribution in [0.5, 0.6) is 0 Å². The van der Waals surface area contributed by atoms with E-state index in [0.717, 1.165) is 19.7 Å². The molecule has 0 spiro atoms. The lowest BCUT2D eigenvalue weighted by Gasteiger charge is -2.21. The van der Waals surface area contributed by atoms with Crippen molar-refractivity contribution in [2.24, 2.45) is 0 Å². The van der Waals surface area contributed by atoms with Crippen molar-refractivity contribution in [1.82, 2.24) is 5.32 Å². The Kier molecular flexibility index (Phi) is 2.91. The first-order chi connectivity index (χ1) is 4.30. The van der Waals surface area contributed by atoms with Crippen LogP contribution in [-0.2, 0) is 4.74 Å². The molecule has 0 aromatic heterocycles. The SMILES string of the molecule is S=C(S)C1CNCCO1. The zero-order valence-corrected chi connectivity index (χ0v) is 6.67. The van der Waals surface area contributed by atoms with Gasteiger partial charge in [0.25, 0.3) is 0 Å². The van der Waals surface area contributed by atoms with E-state index in [1.165, 1.54) is 0 Å². The Balaban J connectivity index is 2.31. The fourth-order valence-electron chi connectivity index (χ4n) is 0.724. The molecule has 1 fully saturated rings. The minimum absolute atomic E-state index is 0.0390. The van der Waals surface area contributed by atoms with Crippen molar-refractivity contribution >= 4 is 29.0 Å². The summed E-state index contributed by atoms with van der Waals surface area (Å²) >= 11 is 8.82. The Labute approximate surface area is 65.4 Å². The average Bonchev–Trinajstić information content (AvgIpc) is 1.90. The molecule has 0 aromatic rings. The molecule has 0 radical (unpaired) electrons. The van der Waals surface area contributed by atoms with Crippen molar-refractivity contribution in [2.45, 2.75) is 6.10 Å². The third-order valence-corrected chi connectivity index (χ3v) is 1.75. The molecule has 1 unspecified atom stereocenters. The fraction of sp³-hybridized carbons (Fsp3) is 0.800. The molecule has 1 atom stereocenters. The topological polar surface area (TPSA) is 21.3 Å². The Morgan fingerprint density at radius 1 is 1.78 bits per heavy atom. The van der Waals surface area contributed by atoms with E-state index in [9.17, 15) is 0 Å². The normalized spacial score (nSPS) is 27.9. The molecule has 1 rings (SSSR count). The van der Waals surface area contributed by atoms with Gasteiger partial charge in [-0.25, -0.2) is 0 Å². The van der Waals surface area contributed by atoms with Gasteiger partial charge in [-0.15, -0.1) is 12.6 Å². The van der Waals surface area contributed by atoms with Gasteiger partial charge in [0.1, 0.15) is 6.10 Å². The Hall–Kier alpha value is 0.360. The van der Waals surface area contributed by atoms with Crippen LogP contribution in [0.1, 0.15) is 0 Å². The molecule has 1 heterocycles. The van der Waals surface area contributed by atoms with Crippen LogP contribution < -0.4 is 5.32 Å². The predicted octanol–water partition coefficient (Wildman–Crippen LogP) is 0.232. The summed E-state index contributed by atoms with van der Waals surface area (Å²) in [6.07, 6.45) is 0.0390. The van der Waals surface area contributed by atoms with Crippen LogP contribution >= 0.6 is 24.8 Å². The zero-order valence-electron chi connectivity index (χ0n) is 4.96. The number of thiocarbonyl (C=S) groups is 1. The highest BCUT2D eigenvalue weighted by atomic mass is 32.1. The third kappa shape index (κ3) is 2.21. The van der Waals surface area contributed by atoms with E-state index in [0.29, 0.717) is 4.20 Å². The van der Waals surface area contributed by atoms with Gasteiger partial charge in [0.2, 0.25) is 0 Å². The molecule has 0 aromatic carbocycles. The molecule has 1 aliphatic heterocycles. The molecule has 1 aliphatic rings. The molecule has 1 saturated heterocycles. The Morgan fingerprint density at radius 3 is 2.89 bits per heavy atom. The van der Waals surface area contributed by atoms with Gasteiger partial charge >= 0.3 is 0 Å². The minimum Gasteiger partial charge on any atom is -0.369 e. The first-order valence-electron chi connectivity index (χ1n) is 2.86. The molecular formula is C5H9NOS2. The lowest BCUT2D eigenvalue weighted by atomic mass is 10.3. The van der Waals surface area contributed by atoms with Crippen LogP contribution in [0.2, 0.25) is 0 Å². The monoisotopic (exact) mass is 163 g/mol. The maximum absolute atomic E-state index is 5.26. The summed E-state index contributed by atoms with van der Waals surface area (Å²) in [5, 5.41) is 3.15. The molecule has 52 valence electrons. The van der Waals surface area contributed by atoms with Crippen molar-refractivity contribution in [1.29, 1.82) is 0 Å². The van der Waals surface area contributed by atoms with Gasteiger partial charge in [-0.1, -0.05) is 12.2 Å². The van der Waals surface area contributed by atoms with Crippen molar-refractivity contribution in [3.63, 3.8) is 0 Å². The van der Waals surface area contributed by atoms with Gasteiger partial charge < -0.3 is 10.1 Å². The zero-order chi connectivity index (χ0) is 6.69. The summed E-state index contributed by atoms with van der Waals surface area (Å²) in [7, 11) is 0. The molecule has 2 nitrogen and oxygen atoms in total. The van der Waals surface area contributed by atoms with E-state index >= 15 is 0 Å². The number of ether oxygens (including phenoxy) is 1. The van der Waals surface area contributed by atoms with E-state index < -0.39 is 0 Å². The number of morpholine rings is 1. The van der Waals surface area contributed by atoms with E-state index in [1.54, 1.807) is 0 Å². The number of nitrogens with one attached hydrogen (secondary N) is 1. The van der Waals surface area contributed by atoms with Gasteiger partial charge in [0.05, 0.1) is 10.8 Å². The quantitative estimate of drug-likeness (QED) is 0.427.